The second kappa shape index (κ2) is 3.25. The zero-order valence-electron chi connectivity index (χ0n) is 8.27. The van der Waals surface area contributed by atoms with Gasteiger partial charge in [0.15, 0.2) is 12.4 Å². The minimum Gasteiger partial charge on any atom is -0.619 e. The summed E-state index contributed by atoms with van der Waals surface area (Å²) in [5.74, 6) is 0.416. The summed E-state index contributed by atoms with van der Waals surface area (Å²) in [6, 6.07) is 3.84. The maximum Gasteiger partial charge on any atom is 0.189 e. The third-order valence-electron chi connectivity index (χ3n) is 2.25. The summed E-state index contributed by atoms with van der Waals surface area (Å²) >= 11 is 0. The SMILES string of the molecule is CC(C)c1cc2cc[n+]([O-])cc2cn1. The van der Waals surface area contributed by atoms with E-state index < -0.39 is 0 Å². The van der Waals surface area contributed by atoms with Crippen LogP contribution in [0.25, 0.3) is 10.8 Å². The Hall–Kier alpha value is -1.64. The zero-order chi connectivity index (χ0) is 10.1. The fourth-order valence-corrected chi connectivity index (χ4v) is 1.40. The Kier molecular flexibility index (Phi) is 2.08. The van der Waals surface area contributed by atoms with Crippen LogP contribution >= 0.6 is 0 Å². The number of nitrogens with zero attached hydrogens (tertiary/aromatic N) is 2. The summed E-state index contributed by atoms with van der Waals surface area (Å²) in [6.07, 6.45) is 4.79. The predicted octanol–water partition coefficient (Wildman–Crippen LogP) is 1.99. The highest BCUT2D eigenvalue weighted by molar-refractivity contribution is 5.80. The lowest BCUT2D eigenvalue weighted by molar-refractivity contribution is -0.603. The third-order valence-corrected chi connectivity index (χ3v) is 2.25. The molecule has 3 heteroatoms. The molecule has 0 unspecified atom stereocenters. The Morgan fingerprint density at radius 3 is 2.86 bits per heavy atom. The standard InChI is InChI=1S/C11H12N2O/c1-8(2)11-5-9-3-4-13(14)7-10(9)6-12-11/h3-8H,1-2H3. The molecule has 2 rings (SSSR count). The maximum atomic E-state index is 11.0. The Labute approximate surface area is 82.6 Å². The third kappa shape index (κ3) is 1.53. The van der Waals surface area contributed by atoms with Crippen molar-refractivity contribution in [2.24, 2.45) is 0 Å². The van der Waals surface area contributed by atoms with Crippen molar-refractivity contribution in [3.05, 3.63) is 41.6 Å². The van der Waals surface area contributed by atoms with Gasteiger partial charge < -0.3 is 5.21 Å². The number of hydrogen-bond acceptors (Lipinski definition) is 2. The highest BCUT2D eigenvalue weighted by Crippen LogP contribution is 2.16. The van der Waals surface area contributed by atoms with E-state index >= 15 is 0 Å². The molecule has 3 nitrogen and oxygen atoms in total. The van der Waals surface area contributed by atoms with Gasteiger partial charge in [-0.15, -0.1) is 0 Å². The van der Waals surface area contributed by atoms with E-state index in [4.69, 9.17) is 0 Å². The van der Waals surface area contributed by atoms with E-state index in [-0.39, 0.29) is 0 Å². The topological polar surface area (TPSA) is 39.8 Å². The van der Waals surface area contributed by atoms with Crippen molar-refractivity contribution in [2.45, 2.75) is 19.8 Å². The molecule has 0 aromatic carbocycles. The van der Waals surface area contributed by atoms with Crippen molar-refractivity contribution >= 4 is 10.8 Å². The van der Waals surface area contributed by atoms with Crippen LogP contribution in [0.15, 0.2) is 30.7 Å². The van der Waals surface area contributed by atoms with Crippen molar-refractivity contribution < 1.29 is 4.73 Å². The van der Waals surface area contributed by atoms with Gasteiger partial charge in [-0.1, -0.05) is 13.8 Å². The van der Waals surface area contributed by atoms with Crippen LogP contribution in [0, 0.1) is 5.21 Å². The molecule has 0 aliphatic rings. The second-order valence-corrected chi connectivity index (χ2v) is 3.70. The summed E-state index contributed by atoms with van der Waals surface area (Å²) in [4.78, 5) is 4.30. The van der Waals surface area contributed by atoms with Crippen LogP contribution in [-0.4, -0.2) is 4.98 Å². The molecule has 0 radical (unpaired) electrons. The van der Waals surface area contributed by atoms with E-state index in [0.717, 1.165) is 21.2 Å². The normalized spacial score (nSPS) is 11.1. The van der Waals surface area contributed by atoms with Crippen LogP contribution in [0.1, 0.15) is 25.5 Å². The summed E-state index contributed by atoms with van der Waals surface area (Å²) in [7, 11) is 0. The number of aromatic nitrogens is 2. The van der Waals surface area contributed by atoms with E-state index in [1.165, 1.54) is 12.4 Å². The van der Waals surface area contributed by atoms with Gasteiger partial charge in [0.2, 0.25) is 0 Å². The molecule has 2 heterocycles. The monoisotopic (exact) mass is 188 g/mol. The molecule has 2 aromatic heterocycles. The van der Waals surface area contributed by atoms with Crippen LogP contribution < -0.4 is 4.73 Å². The van der Waals surface area contributed by atoms with E-state index in [1.807, 2.05) is 12.1 Å². The number of rotatable bonds is 1. The van der Waals surface area contributed by atoms with Gasteiger partial charge in [-0.05, 0) is 17.4 Å². The van der Waals surface area contributed by atoms with Crippen molar-refractivity contribution in [1.29, 1.82) is 0 Å². The molecule has 0 atom stereocenters. The Bertz CT molecular complexity index is 466. The molecule has 2 aromatic rings. The fraction of sp³-hybridized carbons (Fsp3) is 0.273. The first-order valence-electron chi connectivity index (χ1n) is 4.65. The molecule has 0 fully saturated rings. The predicted molar refractivity (Wildman–Crippen MR) is 54.8 cm³/mol. The molecule has 0 saturated carbocycles. The van der Waals surface area contributed by atoms with Gasteiger partial charge in [0.25, 0.3) is 0 Å². The Morgan fingerprint density at radius 1 is 1.36 bits per heavy atom. The summed E-state index contributed by atoms with van der Waals surface area (Å²) < 4.78 is 0.791. The second-order valence-electron chi connectivity index (χ2n) is 3.70. The molecule has 0 saturated heterocycles. The number of pyridine rings is 2. The molecular weight excluding hydrogens is 176 g/mol. The van der Waals surface area contributed by atoms with Crippen LogP contribution in [0.2, 0.25) is 0 Å². The number of hydrogen-bond donors (Lipinski definition) is 0. The quantitative estimate of drug-likeness (QED) is 0.507. The average molecular weight is 188 g/mol. The molecule has 0 N–H and O–H groups in total. The molecule has 0 spiro atoms. The van der Waals surface area contributed by atoms with Crippen molar-refractivity contribution in [1.82, 2.24) is 4.98 Å². The zero-order valence-corrected chi connectivity index (χ0v) is 8.27. The van der Waals surface area contributed by atoms with Crippen molar-refractivity contribution in [3.8, 4) is 0 Å². The molecule has 0 aliphatic heterocycles. The summed E-state index contributed by atoms with van der Waals surface area (Å²) in [5.41, 5.74) is 1.06. The van der Waals surface area contributed by atoms with Crippen LogP contribution in [0.5, 0.6) is 0 Å². The van der Waals surface area contributed by atoms with Gasteiger partial charge in [-0.25, -0.2) is 0 Å². The lowest BCUT2D eigenvalue weighted by atomic mass is 10.1. The molecular formula is C11H12N2O. The van der Waals surface area contributed by atoms with E-state index in [1.54, 1.807) is 6.20 Å². The van der Waals surface area contributed by atoms with Gasteiger partial charge >= 0.3 is 0 Å². The fourth-order valence-electron chi connectivity index (χ4n) is 1.40. The Morgan fingerprint density at radius 2 is 2.14 bits per heavy atom. The van der Waals surface area contributed by atoms with Crippen molar-refractivity contribution in [2.75, 3.05) is 0 Å². The van der Waals surface area contributed by atoms with Gasteiger partial charge in [0, 0.05) is 18.0 Å². The average Bonchev–Trinajstić information content (AvgIpc) is 2.16. The largest absolute Gasteiger partial charge is 0.619 e. The van der Waals surface area contributed by atoms with E-state index in [2.05, 4.69) is 18.8 Å². The summed E-state index contributed by atoms with van der Waals surface area (Å²) in [6.45, 7) is 4.20. The maximum absolute atomic E-state index is 11.0. The van der Waals surface area contributed by atoms with Gasteiger partial charge in [-0.2, -0.15) is 4.73 Å². The highest BCUT2D eigenvalue weighted by atomic mass is 16.5. The summed E-state index contributed by atoms with van der Waals surface area (Å²) in [5, 5.41) is 12.9. The smallest absolute Gasteiger partial charge is 0.189 e. The minimum absolute atomic E-state index is 0.416. The lowest BCUT2D eigenvalue weighted by Gasteiger charge is -2.05. The lowest BCUT2D eigenvalue weighted by Crippen LogP contribution is -2.23. The van der Waals surface area contributed by atoms with Gasteiger partial charge in [0.05, 0.1) is 5.39 Å². The van der Waals surface area contributed by atoms with Crippen LogP contribution in [0.4, 0.5) is 0 Å². The number of fused-ring (bicyclic) bond motifs is 1. The first kappa shape index (κ1) is 8.94. The van der Waals surface area contributed by atoms with Gasteiger partial charge in [0.1, 0.15) is 0 Å². The van der Waals surface area contributed by atoms with E-state index in [9.17, 15) is 5.21 Å². The van der Waals surface area contributed by atoms with E-state index in [0.29, 0.717) is 5.92 Å². The highest BCUT2D eigenvalue weighted by Gasteiger charge is 2.03. The first-order chi connectivity index (χ1) is 6.66. The molecule has 0 amide bonds. The molecule has 0 aliphatic carbocycles. The Balaban J connectivity index is 2.62. The van der Waals surface area contributed by atoms with Crippen LogP contribution in [-0.2, 0) is 0 Å². The van der Waals surface area contributed by atoms with Crippen LogP contribution in [0.3, 0.4) is 0 Å². The molecule has 0 bridgehead atoms. The van der Waals surface area contributed by atoms with Gasteiger partial charge in [-0.3, -0.25) is 4.98 Å². The molecule has 72 valence electrons. The minimum atomic E-state index is 0.416. The molecule has 14 heavy (non-hydrogen) atoms. The first-order valence-corrected chi connectivity index (χ1v) is 4.65. The van der Waals surface area contributed by atoms with Crippen molar-refractivity contribution in [3.63, 3.8) is 0 Å².